The van der Waals surface area contributed by atoms with E-state index in [1.165, 1.54) is 18.1 Å². The lowest BCUT2D eigenvalue weighted by molar-refractivity contribution is -0.144. The highest BCUT2D eigenvalue weighted by atomic mass is 19.1. The quantitative estimate of drug-likeness (QED) is 0.929. The molecule has 2 unspecified atom stereocenters. The van der Waals surface area contributed by atoms with E-state index in [0.29, 0.717) is 24.9 Å². The van der Waals surface area contributed by atoms with E-state index in [4.69, 9.17) is 9.84 Å². The van der Waals surface area contributed by atoms with Crippen molar-refractivity contribution in [3.8, 4) is 0 Å². The molecule has 6 heteroatoms. The summed E-state index contributed by atoms with van der Waals surface area (Å²) in [6.07, 6.45) is 0.475. The molecule has 1 heterocycles. The highest BCUT2D eigenvalue weighted by Gasteiger charge is 2.35. The highest BCUT2D eigenvalue weighted by Crippen LogP contribution is 2.27. The number of carboxylic acids is 1. The number of carboxylic acid groups (broad SMARTS) is 1. The van der Waals surface area contributed by atoms with Crippen LogP contribution in [-0.4, -0.2) is 41.8 Å². The van der Waals surface area contributed by atoms with Gasteiger partial charge in [0.15, 0.2) is 0 Å². The number of amides is 1. The largest absolute Gasteiger partial charge is 0.481 e. The van der Waals surface area contributed by atoms with E-state index in [2.05, 4.69) is 0 Å². The van der Waals surface area contributed by atoms with Crippen molar-refractivity contribution in [2.24, 2.45) is 5.92 Å². The van der Waals surface area contributed by atoms with Gasteiger partial charge in [0.25, 0.3) is 0 Å². The number of aliphatic carboxylic acids is 1. The number of carbonyl (C=O) groups excluding carboxylic acids is 1. The number of benzene rings is 1. The third kappa shape index (κ3) is 3.51. The minimum absolute atomic E-state index is 0.283. The molecule has 0 aliphatic carbocycles. The smallest absolute Gasteiger partial charge is 0.409 e. The van der Waals surface area contributed by atoms with Gasteiger partial charge in [0, 0.05) is 12.6 Å². The third-order valence-electron chi connectivity index (χ3n) is 3.89. The van der Waals surface area contributed by atoms with Gasteiger partial charge in [-0.15, -0.1) is 0 Å². The lowest BCUT2D eigenvalue weighted by Crippen LogP contribution is -2.48. The van der Waals surface area contributed by atoms with Gasteiger partial charge < -0.3 is 14.7 Å². The molecule has 114 valence electrons. The normalized spacial score (nSPS) is 21.9. The number of ether oxygens (including phenoxy) is 1. The molecule has 0 saturated carbocycles. The van der Waals surface area contributed by atoms with Crippen LogP contribution in [-0.2, 0) is 16.0 Å². The molecule has 0 radical (unpaired) electrons. The molecular weight excluding hydrogens is 277 g/mol. The monoisotopic (exact) mass is 295 g/mol. The van der Waals surface area contributed by atoms with Crippen molar-refractivity contribution in [3.05, 3.63) is 35.6 Å². The van der Waals surface area contributed by atoms with Crippen LogP contribution in [0.25, 0.3) is 0 Å². The summed E-state index contributed by atoms with van der Waals surface area (Å²) in [5.74, 6) is -1.74. The van der Waals surface area contributed by atoms with Gasteiger partial charge in [-0.1, -0.05) is 18.2 Å². The van der Waals surface area contributed by atoms with E-state index in [1.807, 2.05) is 0 Å². The Morgan fingerprint density at radius 2 is 2.14 bits per heavy atom. The minimum atomic E-state index is -0.877. The Morgan fingerprint density at radius 3 is 2.76 bits per heavy atom. The summed E-state index contributed by atoms with van der Waals surface area (Å²) in [6, 6.07) is 5.95. The van der Waals surface area contributed by atoms with Gasteiger partial charge in [-0.2, -0.15) is 0 Å². The molecule has 1 amide bonds. The van der Waals surface area contributed by atoms with Crippen molar-refractivity contribution >= 4 is 12.1 Å². The molecular formula is C15H18FNO4. The van der Waals surface area contributed by atoms with Crippen LogP contribution >= 0.6 is 0 Å². The zero-order valence-corrected chi connectivity index (χ0v) is 11.8. The molecule has 1 aliphatic heterocycles. The average molecular weight is 295 g/mol. The van der Waals surface area contributed by atoms with E-state index in [0.717, 1.165) is 0 Å². The number of nitrogens with zero attached hydrogens (tertiary/aromatic N) is 1. The third-order valence-corrected chi connectivity index (χ3v) is 3.89. The van der Waals surface area contributed by atoms with E-state index < -0.39 is 18.0 Å². The maximum atomic E-state index is 13.8. The first kappa shape index (κ1) is 15.3. The second-order valence-electron chi connectivity index (χ2n) is 5.17. The van der Waals surface area contributed by atoms with Gasteiger partial charge in [-0.25, -0.2) is 9.18 Å². The number of methoxy groups -OCH3 is 1. The van der Waals surface area contributed by atoms with Crippen LogP contribution in [0.15, 0.2) is 24.3 Å². The van der Waals surface area contributed by atoms with Gasteiger partial charge in [0.05, 0.1) is 13.0 Å². The first-order chi connectivity index (χ1) is 10.0. The summed E-state index contributed by atoms with van der Waals surface area (Å²) in [5, 5.41) is 9.15. The topological polar surface area (TPSA) is 66.8 Å². The van der Waals surface area contributed by atoms with E-state index >= 15 is 0 Å². The summed E-state index contributed by atoms with van der Waals surface area (Å²) in [4.78, 5) is 24.4. The second-order valence-corrected chi connectivity index (χ2v) is 5.17. The van der Waals surface area contributed by atoms with Crippen molar-refractivity contribution in [1.82, 2.24) is 4.90 Å². The van der Waals surface area contributed by atoms with Gasteiger partial charge >= 0.3 is 12.1 Å². The minimum Gasteiger partial charge on any atom is -0.481 e. The first-order valence-electron chi connectivity index (χ1n) is 6.83. The number of halogens is 1. The molecule has 1 aliphatic rings. The molecule has 2 atom stereocenters. The molecule has 1 saturated heterocycles. The van der Waals surface area contributed by atoms with Gasteiger partial charge in [0.1, 0.15) is 5.82 Å². The van der Waals surface area contributed by atoms with E-state index in [1.54, 1.807) is 18.2 Å². The maximum Gasteiger partial charge on any atom is 0.409 e. The predicted octanol–water partition coefficient (Wildman–Crippen LogP) is 2.30. The Bertz CT molecular complexity index is 534. The molecule has 1 aromatic rings. The summed E-state index contributed by atoms with van der Waals surface area (Å²) >= 11 is 0. The van der Waals surface area contributed by atoms with Crippen molar-refractivity contribution in [1.29, 1.82) is 0 Å². The molecule has 1 N–H and O–H groups in total. The first-order valence-corrected chi connectivity index (χ1v) is 6.83. The van der Waals surface area contributed by atoms with Crippen molar-refractivity contribution in [2.45, 2.75) is 25.3 Å². The van der Waals surface area contributed by atoms with Crippen LogP contribution in [0.5, 0.6) is 0 Å². The van der Waals surface area contributed by atoms with Crippen molar-refractivity contribution in [3.63, 3.8) is 0 Å². The Labute approximate surface area is 122 Å². The number of hydrogen-bond donors (Lipinski definition) is 1. The Balaban J connectivity index is 2.18. The highest BCUT2D eigenvalue weighted by molar-refractivity contribution is 5.72. The number of carbonyl (C=O) groups is 2. The van der Waals surface area contributed by atoms with Crippen LogP contribution in [0.3, 0.4) is 0 Å². The zero-order chi connectivity index (χ0) is 15.4. The number of rotatable bonds is 3. The summed E-state index contributed by atoms with van der Waals surface area (Å²) in [6.45, 7) is 0.308. The fraction of sp³-hybridized carbons (Fsp3) is 0.467. The van der Waals surface area contributed by atoms with Crippen LogP contribution in [0, 0.1) is 11.7 Å². The Hall–Kier alpha value is -2.11. The van der Waals surface area contributed by atoms with E-state index in [9.17, 15) is 14.0 Å². The zero-order valence-electron chi connectivity index (χ0n) is 11.8. The number of piperidine rings is 1. The Morgan fingerprint density at radius 1 is 1.43 bits per heavy atom. The standard InChI is InChI=1S/C15H18FNO4/c1-21-15(20)17-7-6-11(14(18)19)9-12(17)8-10-4-2-3-5-13(10)16/h2-5,11-12H,6-9H2,1H3,(H,18,19). The van der Waals surface area contributed by atoms with Gasteiger partial charge in [0.2, 0.25) is 0 Å². The average Bonchev–Trinajstić information content (AvgIpc) is 2.48. The number of hydrogen-bond acceptors (Lipinski definition) is 3. The summed E-state index contributed by atoms with van der Waals surface area (Å²) in [5.41, 5.74) is 0.474. The van der Waals surface area contributed by atoms with Crippen LogP contribution in [0.1, 0.15) is 18.4 Å². The number of likely N-dealkylation sites (tertiary alicyclic amines) is 1. The molecule has 0 spiro atoms. The van der Waals surface area contributed by atoms with E-state index in [-0.39, 0.29) is 18.3 Å². The lowest BCUT2D eigenvalue weighted by atomic mass is 9.88. The SMILES string of the molecule is COC(=O)N1CCC(C(=O)O)CC1Cc1ccccc1F. The molecule has 21 heavy (non-hydrogen) atoms. The molecule has 0 aromatic heterocycles. The molecule has 0 bridgehead atoms. The lowest BCUT2D eigenvalue weighted by Gasteiger charge is -2.37. The van der Waals surface area contributed by atoms with Gasteiger partial charge in [-0.05, 0) is 30.9 Å². The second kappa shape index (κ2) is 6.56. The summed E-state index contributed by atoms with van der Waals surface area (Å²) < 4.78 is 18.5. The maximum absolute atomic E-state index is 13.8. The van der Waals surface area contributed by atoms with Crippen LogP contribution in [0.2, 0.25) is 0 Å². The van der Waals surface area contributed by atoms with Gasteiger partial charge in [-0.3, -0.25) is 4.79 Å². The fourth-order valence-electron chi connectivity index (χ4n) is 2.74. The van der Waals surface area contributed by atoms with Crippen molar-refractivity contribution in [2.75, 3.05) is 13.7 Å². The van der Waals surface area contributed by atoms with Crippen LogP contribution in [0.4, 0.5) is 9.18 Å². The Kier molecular flexibility index (Phi) is 4.77. The predicted molar refractivity (Wildman–Crippen MR) is 73.4 cm³/mol. The molecule has 1 fully saturated rings. The molecule has 2 rings (SSSR count). The van der Waals surface area contributed by atoms with Crippen molar-refractivity contribution < 1.29 is 23.8 Å². The molecule has 1 aromatic carbocycles. The fourth-order valence-corrected chi connectivity index (χ4v) is 2.74. The molecule has 5 nitrogen and oxygen atoms in total. The van der Waals surface area contributed by atoms with Crippen LogP contribution < -0.4 is 0 Å². The summed E-state index contributed by atoms with van der Waals surface area (Å²) in [7, 11) is 1.28.